The number of amides is 1. The average molecular weight is 383 g/mol. The lowest BCUT2D eigenvalue weighted by molar-refractivity contribution is -0.117. The maximum absolute atomic E-state index is 12.5. The van der Waals surface area contributed by atoms with E-state index in [9.17, 15) is 4.79 Å². The van der Waals surface area contributed by atoms with Gasteiger partial charge >= 0.3 is 0 Å². The Morgan fingerprint density at radius 3 is 2.63 bits per heavy atom. The quantitative estimate of drug-likeness (QED) is 0.639. The molecule has 1 aromatic heterocycles. The van der Waals surface area contributed by atoms with Gasteiger partial charge in [-0.25, -0.2) is 4.68 Å². The molecule has 0 saturated heterocycles. The number of aromatic nitrogens is 2. The molecule has 3 rings (SSSR count). The molecule has 0 atom stereocenters. The first kappa shape index (κ1) is 19.1. The number of hydrogen-bond donors (Lipinski definition) is 1. The van der Waals surface area contributed by atoms with Gasteiger partial charge in [0.15, 0.2) is 0 Å². The highest BCUT2D eigenvalue weighted by atomic mass is 35.5. The van der Waals surface area contributed by atoms with E-state index in [1.54, 1.807) is 16.9 Å². The second-order valence-electron chi connectivity index (χ2n) is 6.34. The van der Waals surface area contributed by atoms with E-state index < -0.39 is 0 Å². The van der Waals surface area contributed by atoms with Gasteiger partial charge in [0.1, 0.15) is 5.82 Å². The normalized spacial score (nSPS) is 10.9. The van der Waals surface area contributed by atoms with Crippen molar-refractivity contribution in [3.63, 3.8) is 0 Å². The van der Waals surface area contributed by atoms with Crippen LogP contribution in [0.25, 0.3) is 0 Å². The van der Waals surface area contributed by atoms with E-state index in [1.165, 1.54) is 5.56 Å². The number of rotatable bonds is 8. The number of carbonyl (C=O) groups excluding carboxylic acids is 1. The molecule has 0 saturated carbocycles. The Morgan fingerprint density at radius 2 is 1.89 bits per heavy atom. The van der Waals surface area contributed by atoms with Crippen LogP contribution >= 0.6 is 11.6 Å². The molecule has 0 bridgehead atoms. The molecule has 27 heavy (non-hydrogen) atoms. The number of nitrogens with one attached hydrogen (secondary N) is 1. The zero-order chi connectivity index (χ0) is 19.1. The molecular weight excluding hydrogens is 360 g/mol. The number of carbonyl (C=O) groups is 1. The van der Waals surface area contributed by atoms with Crippen molar-refractivity contribution < 1.29 is 4.79 Å². The smallest absolute Gasteiger partial charge is 0.239 e. The first-order chi connectivity index (χ1) is 13.1. The molecule has 1 heterocycles. The van der Waals surface area contributed by atoms with Crippen LogP contribution < -0.4 is 5.32 Å². The number of anilines is 1. The lowest BCUT2D eigenvalue weighted by atomic mass is 10.2. The molecule has 0 aliphatic heterocycles. The lowest BCUT2D eigenvalue weighted by Gasteiger charge is -2.20. The maximum atomic E-state index is 12.5. The molecule has 5 nitrogen and oxygen atoms in total. The summed E-state index contributed by atoms with van der Waals surface area (Å²) >= 11 is 6.04. The van der Waals surface area contributed by atoms with Crippen molar-refractivity contribution >= 4 is 23.3 Å². The molecule has 0 spiro atoms. The largest absolute Gasteiger partial charge is 0.310 e. The molecule has 0 aliphatic carbocycles. The van der Waals surface area contributed by atoms with Gasteiger partial charge in [0.25, 0.3) is 0 Å². The highest BCUT2D eigenvalue weighted by molar-refractivity contribution is 6.30. The van der Waals surface area contributed by atoms with Crippen molar-refractivity contribution in [1.82, 2.24) is 14.7 Å². The predicted octanol–water partition coefficient (Wildman–Crippen LogP) is 4.05. The van der Waals surface area contributed by atoms with Crippen molar-refractivity contribution in [1.29, 1.82) is 0 Å². The van der Waals surface area contributed by atoms with Crippen LogP contribution in [0, 0.1) is 0 Å². The van der Waals surface area contributed by atoms with Crippen LogP contribution in [0.1, 0.15) is 18.1 Å². The number of nitrogens with zero attached hydrogens (tertiary/aromatic N) is 3. The third-order valence-electron chi connectivity index (χ3n) is 4.27. The van der Waals surface area contributed by atoms with Gasteiger partial charge in [0.05, 0.1) is 19.3 Å². The van der Waals surface area contributed by atoms with Crippen molar-refractivity contribution in [2.75, 3.05) is 18.4 Å². The van der Waals surface area contributed by atoms with Gasteiger partial charge in [0, 0.05) is 17.6 Å². The highest BCUT2D eigenvalue weighted by Crippen LogP contribution is 2.14. The van der Waals surface area contributed by atoms with Crippen LogP contribution in [-0.4, -0.2) is 33.7 Å². The van der Waals surface area contributed by atoms with Crippen LogP contribution in [0.5, 0.6) is 0 Å². The third kappa shape index (κ3) is 5.67. The fraction of sp³-hybridized carbons (Fsp3) is 0.238. The first-order valence-electron chi connectivity index (χ1n) is 8.96. The molecule has 0 unspecified atom stereocenters. The van der Waals surface area contributed by atoms with Crippen LogP contribution in [0.4, 0.5) is 5.82 Å². The fourth-order valence-electron chi connectivity index (χ4n) is 2.88. The van der Waals surface area contributed by atoms with Gasteiger partial charge in [-0.2, -0.15) is 5.10 Å². The minimum Gasteiger partial charge on any atom is -0.310 e. The van der Waals surface area contributed by atoms with E-state index in [1.807, 2.05) is 42.5 Å². The van der Waals surface area contributed by atoms with E-state index in [4.69, 9.17) is 11.6 Å². The van der Waals surface area contributed by atoms with Gasteiger partial charge < -0.3 is 5.32 Å². The molecule has 0 aliphatic rings. The molecule has 6 heteroatoms. The monoisotopic (exact) mass is 382 g/mol. The van der Waals surface area contributed by atoms with Gasteiger partial charge in [-0.1, -0.05) is 61.0 Å². The van der Waals surface area contributed by atoms with Crippen molar-refractivity contribution in [3.05, 3.63) is 83.0 Å². The lowest BCUT2D eigenvalue weighted by Crippen LogP contribution is -2.33. The zero-order valence-corrected chi connectivity index (χ0v) is 16.1. The number of halogens is 1. The predicted molar refractivity (Wildman–Crippen MR) is 109 cm³/mol. The Bertz CT molecular complexity index is 879. The van der Waals surface area contributed by atoms with E-state index in [2.05, 4.69) is 34.4 Å². The molecule has 0 fully saturated rings. The Morgan fingerprint density at radius 1 is 1.11 bits per heavy atom. The summed E-state index contributed by atoms with van der Waals surface area (Å²) in [6, 6.07) is 19.6. The van der Waals surface area contributed by atoms with E-state index >= 15 is 0 Å². The molecule has 1 amide bonds. The molecule has 3 aromatic rings. The zero-order valence-electron chi connectivity index (χ0n) is 15.3. The minimum absolute atomic E-state index is 0.0550. The standard InChI is InChI=1S/C21H23ClN4O/c1-2-25(14-17-7-4-3-5-8-17)16-21(27)24-20-11-12-23-26(20)15-18-9-6-10-19(22)13-18/h3-13H,2,14-16H2,1H3,(H,24,27). The van der Waals surface area contributed by atoms with Crippen LogP contribution in [0.15, 0.2) is 66.9 Å². The third-order valence-corrected chi connectivity index (χ3v) is 4.50. The van der Waals surface area contributed by atoms with Gasteiger partial charge in [-0.3, -0.25) is 9.69 Å². The summed E-state index contributed by atoms with van der Waals surface area (Å²) in [5.74, 6) is 0.622. The van der Waals surface area contributed by atoms with Crippen LogP contribution in [-0.2, 0) is 17.9 Å². The summed E-state index contributed by atoms with van der Waals surface area (Å²) in [4.78, 5) is 14.6. The van der Waals surface area contributed by atoms with E-state index in [0.717, 1.165) is 18.7 Å². The van der Waals surface area contributed by atoms with Gasteiger partial charge in [0.2, 0.25) is 5.91 Å². The summed E-state index contributed by atoms with van der Waals surface area (Å²) < 4.78 is 1.76. The first-order valence-corrected chi connectivity index (χ1v) is 9.34. The average Bonchev–Trinajstić information content (AvgIpc) is 3.08. The summed E-state index contributed by atoms with van der Waals surface area (Å²) in [5.41, 5.74) is 2.22. The Balaban J connectivity index is 1.60. The van der Waals surface area contributed by atoms with Crippen molar-refractivity contribution in [2.45, 2.75) is 20.0 Å². The molecule has 140 valence electrons. The van der Waals surface area contributed by atoms with Gasteiger partial charge in [-0.15, -0.1) is 0 Å². The van der Waals surface area contributed by atoms with Crippen LogP contribution in [0.3, 0.4) is 0 Å². The summed E-state index contributed by atoms with van der Waals surface area (Å²) in [6.07, 6.45) is 1.68. The molecule has 0 radical (unpaired) electrons. The Labute approximate surface area is 164 Å². The van der Waals surface area contributed by atoms with Gasteiger partial charge in [-0.05, 0) is 29.8 Å². The van der Waals surface area contributed by atoms with Crippen molar-refractivity contribution in [2.24, 2.45) is 0 Å². The summed E-state index contributed by atoms with van der Waals surface area (Å²) in [5, 5.41) is 7.95. The Hall–Kier alpha value is -2.63. The second kappa shape index (κ2) is 9.35. The highest BCUT2D eigenvalue weighted by Gasteiger charge is 2.12. The van der Waals surface area contributed by atoms with E-state index in [-0.39, 0.29) is 5.91 Å². The molecular formula is C21H23ClN4O. The number of benzene rings is 2. The van der Waals surface area contributed by atoms with Crippen molar-refractivity contribution in [3.8, 4) is 0 Å². The van der Waals surface area contributed by atoms with E-state index in [0.29, 0.717) is 23.9 Å². The SMILES string of the molecule is CCN(CC(=O)Nc1ccnn1Cc1cccc(Cl)c1)Cc1ccccc1. The van der Waals surface area contributed by atoms with Crippen LogP contribution in [0.2, 0.25) is 5.02 Å². The minimum atomic E-state index is -0.0550. The fourth-order valence-corrected chi connectivity index (χ4v) is 3.09. The second-order valence-corrected chi connectivity index (χ2v) is 6.78. The Kier molecular flexibility index (Phi) is 6.63. The number of likely N-dealkylation sites (N-methyl/N-ethyl adjacent to an activating group) is 1. The molecule has 1 N–H and O–H groups in total. The molecule has 2 aromatic carbocycles. The summed E-state index contributed by atoms with van der Waals surface area (Å²) in [7, 11) is 0. The maximum Gasteiger partial charge on any atom is 0.239 e. The summed E-state index contributed by atoms with van der Waals surface area (Å²) in [6.45, 7) is 4.47. The number of hydrogen-bond acceptors (Lipinski definition) is 3. The topological polar surface area (TPSA) is 50.2 Å².